The molecule has 2 aliphatic rings. The van der Waals surface area contributed by atoms with Crippen LogP contribution in [0.2, 0.25) is 5.02 Å². The van der Waals surface area contributed by atoms with Gasteiger partial charge in [0.2, 0.25) is 11.5 Å². The molecular weight excluding hydrogens is 560 g/mol. The predicted molar refractivity (Wildman–Crippen MR) is 170 cm³/mol. The van der Waals surface area contributed by atoms with E-state index in [0.717, 1.165) is 47.2 Å². The zero-order chi connectivity index (χ0) is 29.3. The number of nitrogens with zero attached hydrogens (tertiary/aromatic N) is 5. The van der Waals surface area contributed by atoms with Crippen LogP contribution < -0.4 is 10.5 Å². The monoisotopic (exact) mass is 594 g/mol. The van der Waals surface area contributed by atoms with Crippen LogP contribution in [0.1, 0.15) is 44.2 Å². The standard InChI is InChI=1S/C34H35ClN6O2/c1-22-10-12-23(13-11-22)20-41-33-29(39-34(41)40-14-15-43-21-30(40)24-6-3-2-4-7-24)17-28(27-8-5-9-31(42)37-27)38-32(33)25-16-26(35)19-36-18-25/h2-9,16-19,22-23,30H,10-15,20-21H2,1H3,(H,37,42). The average molecular weight is 595 g/mol. The number of halogens is 1. The third-order valence-electron chi connectivity index (χ3n) is 8.87. The van der Waals surface area contributed by atoms with Gasteiger partial charge in [-0.3, -0.25) is 9.78 Å². The van der Waals surface area contributed by atoms with Crippen molar-refractivity contribution in [3.63, 3.8) is 0 Å². The molecule has 2 fully saturated rings. The fourth-order valence-corrected chi connectivity index (χ4v) is 6.75. The number of pyridine rings is 3. The van der Waals surface area contributed by atoms with E-state index in [1.807, 2.05) is 24.3 Å². The average Bonchev–Trinajstić information content (AvgIpc) is 3.40. The molecule has 1 aliphatic heterocycles. The summed E-state index contributed by atoms with van der Waals surface area (Å²) >= 11 is 6.46. The molecule has 5 aromatic rings. The number of aromatic nitrogens is 5. The molecule has 1 saturated carbocycles. The number of aromatic amines is 1. The molecule has 4 aromatic heterocycles. The van der Waals surface area contributed by atoms with Crippen molar-refractivity contribution in [3.8, 4) is 22.6 Å². The maximum absolute atomic E-state index is 12.3. The Morgan fingerprint density at radius 3 is 2.63 bits per heavy atom. The third kappa shape index (κ3) is 5.69. The minimum absolute atomic E-state index is 0.0334. The molecule has 220 valence electrons. The number of nitrogens with one attached hydrogen (secondary N) is 1. The fourth-order valence-electron chi connectivity index (χ4n) is 6.58. The predicted octanol–water partition coefficient (Wildman–Crippen LogP) is 6.91. The molecule has 9 heteroatoms. The lowest BCUT2D eigenvalue weighted by Gasteiger charge is -2.37. The van der Waals surface area contributed by atoms with Gasteiger partial charge in [-0.25, -0.2) is 9.97 Å². The number of rotatable bonds is 6. The van der Waals surface area contributed by atoms with Gasteiger partial charge < -0.3 is 19.2 Å². The molecule has 0 bridgehead atoms. The van der Waals surface area contributed by atoms with Crippen LogP contribution >= 0.6 is 11.6 Å². The Hall–Kier alpha value is -4.01. The smallest absolute Gasteiger partial charge is 0.248 e. The van der Waals surface area contributed by atoms with Crippen molar-refractivity contribution in [2.75, 3.05) is 24.7 Å². The van der Waals surface area contributed by atoms with Crippen molar-refractivity contribution in [2.24, 2.45) is 11.8 Å². The Labute approximate surface area is 255 Å². The van der Waals surface area contributed by atoms with E-state index in [-0.39, 0.29) is 11.6 Å². The normalized spacial score (nSPS) is 20.9. The number of imidazole rings is 1. The first-order chi connectivity index (χ1) is 21.0. The van der Waals surface area contributed by atoms with Crippen molar-refractivity contribution < 1.29 is 4.74 Å². The lowest BCUT2D eigenvalue weighted by atomic mass is 9.83. The summed E-state index contributed by atoms with van der Waals surface area (Å²) < 4.78 is 8.40. The molecule has 0 spiro atoms. The van der Waals surface area contributed by atoms with Crippen LogP contribution in [0.15, 0.2) is 77.9 Å². The summed E-state index contributed by atoms with van der Waals surface area (Å²) in [5.74, 6) is 2.23. The summed E-state index contributed by atoms with van der Waals surface area (Å²) in [6.07, 6.45) is 8.29. The molecular formula is C34H35ClN6O2. The van der Waals surface area contributed by atoms with Gasteiger partial charge in [0, 0.05) is 37.1 Å². The van der Waals surface area contributed by atoms with Gasteiger partial charge in [-0.05, 0) is 48.4 Å². The summed E-state index contributed by atoms with van der Waals surface area (Å²) in [5, 5.41) is 0.538. The minimum Gasteiger partial charge on any atom is -0.377 e. The van der Waals surface area contributed by atoms with Crippen LogP contribution in [-0.2, 0) is 11.3 Å². The number of hydrogen-bond acceptors (Lipinski definition) is 6. The Kier molecular flexibility index (Phi) is 7.72. The van der Waals surface area contributed by atoms with Gasteiger partial charge in [-0.2, -0.15) is 0 Å². The van der Waals surface area contributed by atoms with E-state index in [0.29, 0.717) is 35.5 Å². The van der Waals surface area contributed by atoms with E-state index in [4.69, 9.17) is 26.3 Å². The SMILES string of the molecule is CC1CCC(Cn2c(N3CCOCC3c3ccccc3)nc3cc(-c4cccc(=O)[nH]4)nc(-c4cncc(Cl)c4)c32)CC1. The van der Waals surface area contributed by atoms with Crippen LogP contribution in [0, 0.1) is 11.8 Å². The molecule has 43 heavy (non-hydrogen) atoms. The van der Waals surface area contributed by atoms with Gasteiger partial charge in [-0.1, -0.05) is 67.8 Å². The number of ether oxygens (including phenoxy) is 1. The summed E-state index contributed by atoms with van der Waals surface area (Å²) in [6, 6.07) is 19.6. The van der Waals surface area contributed by atoms with Crippen molar-refractivity contribution in [1.82, 2.24) is 24.5 Å². The van der Waals surface area contributed by atoms with Gasteiger partial charge >= 0.3 is 0 Å². The maximum Gasteiger partial charge on any atom is 0.248 e. The van der Waals surface area contributed by atoms with E-state index in [2.05, 4.69) is 50.6 Å². The van der Waals surface area contributed by atoms with Crippen molar-refractivity contribution in [1.29, 1.82) is 0 Å². The quantitative estimate of drug-likeness (QED) is 0.230. The zero-order valence-corrected chi connectivity index (χ0v) is 25.0. The Balaban J connectivity index is 1.46. The first kappa shape index (κ1) is 27.8. The van der Waals surface area contributed by atoms with Crippen LogP contribution in [0.25, 0.3) is 33.7 Å². The largest absolute Gasteiger partial charge is 0.377 e. The van der Waals surface area contributed by atoms with Gasteiger partial charge in [0.15, 0.2) is 0 Å². The first-order valence-corrected chi connectivity index (χ1v) is 15.5. The second-order valence-corrected chi connectivity index (χ2v) is 12.3. The Morgan fingerprint density at radius 1 is 1.00 bits per heavy atom. The van der Waals surface area contributed by atoms with E-state index in [1.54, 1.807) is 18.5 Å². The van der Waals surface area contributed by atoms with Gasteiger partial charge in [-0.15, -0.1) is 0 Å². The lowest BCUT2D eigenvalue weighted by molar-refractivity contribution is 0.0927. The summed E-state index contributed by atoms with van der Waals surface area (Å²) in [4.78, 5) is 32.5. The highest BCUT2D eigenvalue weighted by Crippen LogP contribution is 2.39. The number of morpholine rings is 1. The highest BCUT2D eigenvalue weighted by molar-refractivity contribution is 6.30. The number of anilines is 1. The molecule has 8 nitrogen and oxygen atoms in total. The third-order valence-corrected chi connectivity index (χ3v) is 9.08. The van der Waals surface area contributed by atoms with Crippen LogP contribution in [0.3, 0.4) is 0 Å². The second kappa shape index (κ2) is 11.9. The van der Waals surface area contributed by atoms with E-state index < -0.39 is 0 Å². The Bertz CT molecular complexity index is 1790. The van der Waals surface area contributed by atoms with Crippen molar-refractivity contribution in [2.45, 2.75) is 45.2 Å². The molecule has 5 heterocycles. The van der Waals surface area contributed by atoms with Crippen molar-refractivity contribution in [3.05, 3.63) is 94.0 Å². The molecule has 1 atom stereocenters. The zero-order valence-electron chi connectivity index (χ0n) is 24.2. The first-order valence-electron chi connectivity index (χ1n) is 15.1. The van der Waals surface area contributed by atoms with E-state index >= 15 is 0 Å². The number of fused-ring (bicyclic) bond motifs is 1. The van der Waals surface area contributed by atoms with E-state index in [9.17, 15) is 4.79 Å². The molecule has 1 N–H and O–H groups in total. The summed E-state index contributed by atoms with van der Waals surface area (Å²) in [5.41, 5.74) is 5.64. The number of H-pyrrole nitrogens is 1. The number of benzene rings is 1. The molecule has 1 saturated heterocycles. The highest BCUT2D eigenvalue weighted by Gasteiger charge is 2.32. The van der Waals surface area contributed by atoms with Crippen molar-refractivity contribution >= 4 is 28.6 Å². The highest BCUT2D eigenvalue weighted by atomic mass is 35.5. The molecule has 1 unspecified atom stereocenters. The van der Waals surface area contributed by atoms with E-state index in [1.165, 1.54) is 37.3 Å². The fraction of sp³-hybridized carbons (Fsp3) is 0.353. The second-order valence-electron chi connectivity index (χ2n) is 11.9. The van der Waals surface area contributed by atoms with Gasteiger partial charge in [0.25, 0.3) is 0 Å². The summed E-state index contributed by atoms with van der Waals surface area (Å²) in [6.45, 7) is 5.16. The lowest BCUT2D eigenvalue weighted by Crippen LogP contribution is -2.41. The molecule has 7 rings (SSSR count). The van der Waals surface area contributed by atoms with Crippen LogP contribution in [0.5, 0.6) is 0 Å². The van der Waals surface area contributed by atoms with Crippen LogP contribution in [0.4, 0.5) is 5.95 Å². The molecule has 1 aliphatic carbocycles. The van der Waals surface area contributed by atoms with Crippen LogP contribution in [-0.4, -0.2) is 44.3 Å². The number of hydrogen-bond donors (Lipinski definition) is 1. The minimum atomic E-state index is -0.179. The molecule has 0 amide bonds. The topological polar surface area (TPSA) is 88.9 Å². The van der Waals surface area contributed by atoms with Gasteiger partial charge in [0.1, 0.15) is 0 Å². The summed E-state index contributed by atoms with van der Waals surface area (Å²) in [7, 11) is 0. The molecule has 0 radical (unpaired) electrons. The Morgan fingerprint density at radius 2 is 1.84 bits per heavy atom. The van der Waals surface area contributed by atoms with Gasteiger partial charge in [0.05, 0.1) is 52.4 Å². The molecule has 1 aromatic carbocycles. The maximum atomic E-state index is 12.3.